The summed E-state index contributed by atoms with van der Waals surface area (Å²) < 4.78 is 0. The fourth-order valence-electron chi connectivity index (χ4n) is 3.98. The smallest absolute Gasteiger partial charge is 0.0444 e. The maximum atomic E-state index is 7.94. The van der Waals surface area contributed by atoms with Crippen LogP contribution in [0.3, 0.4) is 0 Å². The van der Waals surface area contributed by atoms with Crippen molar-refractivity contribution in [3.8, 4) is 0 Å². The van der Waals surface area contributed by atoms with E-state index >= 15 is 0 Å². The Morgan fingerprint density at radius 3 is 2.40 bits per heavy atom. The minimum Gasteiger partial charge on any atom is -0.305 e. The van der Waals surface area contributed by atoms with Crippen LogP contribution in [-0.2, 0) is 19.3 Å². The lowest BCUT2D eigenvalue weighted by Crippen LogP contribution is -2.05. The molecule has 1 N–H and O–H groups in total. The number of hydrogen-bond acceptors (Lipinski definition) is 1. The Kier molecular flexibility index (Phi) is 11.1. The zero-order chi connectivity index (χ0) is 21.8. The Hall–Kier alpha value is -1.69. The number of rotatable bonds is 4. The Labute approximate surface area is 189 Å². The molecule has 1 aliphatic carbocycles. The Morgan fingerprint density at radius 1 is 1.03 bits per heavy atom. The highest BCUT2D eigenvalue weighted by Crippen LogP contribution is 2.27. The van der Waals surface area contributed by atoms with Crippen molar-refractivity contribution in [2.75, 3.05) is 12.3 Å². The van der Waals surface area contributed by atoms with Gasteiger partial charge in [0, 0.05) is 10.7 Å². The molecule has 0 bridgehead atoms. The van der Waals surface area contributed by atoms with E-state index in [1.807, 2.05) is 25.1 Å². The van der Waals surface area contributed by atoms with Crippen molar-refractivity contribution < 1.29 is 0 Å². The van der Waals surface area contributed by atoms with Gasteiger partial charge in [-0.3, -0.25) is 0 Å². The minimum absolute atomic E-state index is 0.576. The molecular formula is C27H35ClNP. The largest absolute Gasteiger partial charge is 0.305 e. The average Bonchev–Trinajstić information content (AvgIpc) is 2.81. The number of benzene rings is 2. The van der Waals surface area contributed by atoms with E-state index in [9.17, 15) is 0 Å². The monoisotopic (exact) mass is 439 g/mol. The molecule has 1 fully saturated rings. The van der Waals surface area contributed by atoms with Crippen LogP contribution in [0.25, 0.3) is 6.08 Å². The van der Waals surface area contributed by atoms with Gasteiger partial charge in [0.05, 0.1) is 0 Å². The van der Waals surface area contributed by atoms with Gasteiger partial charge in [0.15, 0.2) is 0 Å². The summed E-state index contributed by atoms with van der Waals surface area (Å²) in [5.41, 5.74) is 6.84. The zero-order valence-corrected chi connectivity index (χ0v) is 20.0. The molecule has 0 saturated carbocycles. The molecule has 1 aliphatic heterocycles. The molecule has 0 aromatic heterocycles. The first kappa shape index (κ1) is 24.6. The van der Waals surface area contributed by atoms with E-state index in [2.05, 4.69) is 43.5 Å². The second-order valence-corrected chi connectivity index (χ2v) is 9.54. The molecule has 0 atom stereocenters. The van der Waals surface area contributed by atoms with Gasteiger partial charge in [-0.05, 0) is 91.7 Å². The van der Waals surface area contributed by atoms with Crippen molar-refractivity contribution in [3.05, 3.63) is 88.5 Å². The lowest BCUT2D eigenvalue weighted by atomic mass is 9.89. The van der Waals surface area contributed by atoms with E-state index in [0.717, 1.165) is 41.8 Å². The van der Waals surface area contributed by atoms with Gasteiger partial charge in [-0.25, -0.2) is 0 Å². The lowest BCUT2D eigenvalue weighted by molar-refractivity contribution is 0.759. The quantitative estimate of drug-likeness (QED) is 0.282. The highest BCUT2D eigenvalue weighted by Gasteiger charge is 2.12. The van der Waals surface area contributed by atoms with Gasteiger partial charge in [-0.15, -0.1) is 21.7 Å². The third-order valence-electron chi connectivity index (χ3n) is 5.53. The van der Waals surface area contributed by atoms with E-state index in [1.54, 1.807) is 0 Å². The minimum atomic E-state index is 0.576. The number of hydrogen-bond donors (Lipinski definition) is 1. The Morgan fingerprint density at radius 2 is 1.77 bits per heavy atom. The molecule has 4 rings (SSSR count). The summed E-state index contributed by atoms with van der Waals surface area (Å²) in [6.07, 6.45) is 16.2. The molecule has 0 radical (unpaired) electrons. The summed E-state index contributed by atoms with van der Waals surface area (Å²) in [6.45, 7) is 7.82. The third-order valence-corrected chi connectivity index (χ3v) is 7.29. The number of halogens is 1. The van der Waals surface area contributed by atoms with Crippen LogP contribution in [0.5, 0.6) is 0 Å². The molecule has 1 saturated heterocycles. The lowest BCUT2D eigenvalue weighted by Gasteiger charge is -2.16. The zero-order valence-electron chi connectivity index (χ0n) is 18.3. The summed E-state index contributed by atoms with van der Waals surface area (Å²) in [6, 6.07) is 12.4. The van der Waals surface area contributed by atoms with Gasteiger partial charge >= 0.3 is 0 Å². The van der Waals surface area contributed by atoms with E-state index in [1.165, 1.54) is 56.9 Å². The summed E-state index contributed by atoms with van der Waals surface area (Å²) in [7, 11) is 1.30. The fourth-order valence-corrected chi connectivity index (χ4v) is 5.50. The number of fused-ring (bicyclic) bond motifs is 1. The van der Waals surface area contributed by atoms with E-state index < -0.39 is 0 Å². The van der Waals surface area contributed by atoms with Crippen molar-refractivity contribution >= 4 is 32.0 Å². The van der Waals surface area contributed by atoms with Crippen LogP contribution in [0.15, 0.2) is 55.6 Å². The van der Waals surface area contributed by atoms with Crippen LogP contribution in [0.4, 0.5) is 0 Å². The SMILES string of the molecule is C1CCPCC1.C=C.CC(=N)c1cccc(Cl)c1CCc1cccc2c1C=CCC2. The number of allylic oxidation sites excluding steroid dienone is 1. The number of nitrogens with one attached hydrogen (secondary N) is 1. The Balaban J connectivity index is 0.000000340. The molecule has 0 spiro atoms. The first-order valence-corrected chi connectivity index (χ1v) is 12.8. The number of aryl methyl sites for hydroxylation is 2. The van der Waals surface area contributed by atoms with Gasteiger partial charge in [0.25, 0.3) is 0 Å². The van der Waals surface area contributed by atoms with E-state index in [-0.39, 0.29) is 0 Å². The van der Waals surface area contributed by atoms with Crippen LogP contribution < -0.4 is 0 Å². The molecule has 2 aromatic rings. The van der Waals surface area contributed by atoms with Crippen LogP contribution in [0.1, 0.15) is 60.4 Å². The molecule has 2 aromatic carbocycles. The summed E-state index contributed by atoms with van der Waals surface area (Å²) in [5.74, 6) is 0. The van der Waals surface area contributed by atoms with Gasteiger partial charge in [-0.1, -0.05) is 60.5 Å². The summed E-state index contributed by atoms with van der Waals surface area (Å²) in [5, 5.41) is 8.71. The predicted octanol–water partition coefficient (Wildman–Crippen LogP) is 8.12. The first-order valence-electron chi connectivity index (χ1n) is 11.0. The fraction of sp³-hybridized carbons (Fsp3) is 0.370. The third kappa shape index (κ3) is 7.22. The highest BCUT2D eigenvalue weighted by atomic mass is 35.5. The van der Waals surface area contributed by atoms with Crippen LogP contribution in [0.2, 0.25) is 5.02 Å². The van der Waals surface area contributed by atoms with Gasteiger partial charge < -0.3 is 5.41 Å². The average molecular weight is 440 g/mol. The normalized spacial score (nSPS) is 14.5. The maximum Gasteiger partial charge on any atom is 0.0444 e. The van der Waals surface area contributed by atoms with Crippen molar-refractivity contribution in [1.29, 1.82) is 5.41 Å². The highest BCUT2D eigenvalue weighted by molar-refractivity contribution is 7.38. The van der Waals surface area contributed by atoms with Crippen LogP contribution >= 0.6 is 20.2 Å². The molecule has 1 heterocycles. The van der Waals surface area contributed by atoms with Gasteiger partial charge in [0.2, 0.25) is 0 Å². The molecule has 0 unspecified atom stereocenters. The molecular weight excluding hydrogens is 405 g/mol. The molecule has 2 aliphatic rings. The van der Waals surface area contributed by atoms with Crippen molar-refractivity contribution in [2.45, 2.75) is 51.9 Å². The summed E-state index contributed by atoms with van der Waals surface area (Å²) >= 11 is 6.37. The van der Waals surface area contributed by atoms with Crippen LogP contribution in [0, 0.1) is 5.41 Å². The van der Waals surface area contributed by atoms with Crippen molar-refractivity contribution in [1.82, 2.24) is 0 Å². The topological polar surface area (TPSA) is 23.9 Å². The van der Waals surface area contributed by atoms with E-state index in [0.29, 0.717) is 5.71 Å². The van der Waals surface area contributed by atoms with Crippen LogP contribution in [-0.4, -0.2) is 18.0 Å². The second kappa shape index (κ2) is 13.6. The first-order chi connectivity index (χ1) is 14.7. The van der Waals surface area contributed by atoms with Gasteiger partial charge in [0.1, 0.15) is 0 Å². The molecule has 30 heavy (non-hydrogen) atoms. The predicted molar refractivity (Wildman–Crippen MR) is 138 cm³/mol. The Bertz CT molecular complexity index is 840. The molecule has 0 amide bonds. The van der Waals surface area contributed by atoms with Crippen molar-refractivity contribution in [3.63, 3.8) is 0 Å². The maximum absolute atomic E-state index is 7.94. The molecule has 160 valence electrons. The summed E-state index contributed by atoms with van der Waals surface area (Å²) in [4.78, 5) is 0. The molecule has 3 heteroatoms. The standard InChI is InChI=1S/C20H20ClN.C5H11P.C2H4/c1-14(22)17-10-5-11-20(21)19(17)13-12-16-8-4-7-15-6-2-3-9-18(15)16;1-2-4-6-5-3-1;1-2/h3-5,7-11,22H,2,6,12-13H2,1H3;6H,1-5H2;1-2H2. The molecule has 1 nitrogen and oxygen atoms in total. The second-order valence-electron chi connectivity index (χ2n) is 7.63. The van der Waals surface area contributed by atoms with Crippen molar-refractivity contribution in [2.24, 2.45) is 0 Å². The van der Waals surface area contributed by atoms with E-state index in [4.69, 9.17) is 17.0 Å². The van der Waals surface area contributed by atoms with Gasteiger partial charge in [-0.2, -0.15) is 0 Å².